The Morgan fingerprint density at radius 1 is 1.44 bits per heavy atom. The Morgan fingerprint density at radius 2 is 2.22 bits per heavy atom. The number of aromatic nitrogens is 3. The molecule has 6 nitrogen and oxygen atoms in total. The van der Waals surface area contributed by atoms with Gasteiger partial charge in [0, 0.05) is 20.4 Å². The fraction of sp³-hybridized carbons (Fsp3) is 0.500. The van der Waals surface area contributed by atoms with Crippen LogP contribution in [0.3, 0.4) is 0 Å². The summed E-state index contributed by atoms with van der Waals surface area (Å²) in [6.45, 7) is 3.06. The van der Waals surface area contributed by atoms with Crippen molar-refractivity contribution in [3.8, 4) is 0 Å². The molecule has 6 heteroatoms. The molecule has 2 aromatic heterocycles. The minimum absolute atomic E-state index is 0.0722. The van der Waals surface area contributed by atoms with Crippen molar-refractivity contribution >= 4 is 17.1 Å². The van der Waals surface area contributed by atoms with Crippen molar-refractivity contribution in [3.63, 3.8) is 0 Å². The van der Waals surface area contributed by atoms with Gasteiger partial charge in [-0.15, -0.1) is 0 Å². The molecule has 2 heterocycles. The van der Waals surface area contributed by atoms with Gasteiger partial charge in [0.1, 0.15) is 5.52 Å². The van der Waals surface area contributed by atoms with Crippen LogP contribution in [-0.4, -0.2) is 41.5 Å². The van der Waals surface area contributed by atoms with Gasteiger partial charge in [-0.05, 0) is 18.6 Å². The molecule has 0 saturated heterocycles. The first-order valence-electron chi connectivity index (χ1n) is 5.76. The number of anilines is 1. The van der Waals surface area contributed by atoms with E-state index in [1.807, 2.05) is 17.6 Å². The molecular weight excluding hydrogens is 232 g/mol. The number of methoxy groups -OCH3 is 2. The predicted octanol–water partition coefficient (Wildman–Crippen LogP) is 0.983. The number of hydrogen-bond acceptors (Lipinski definition) is 5. The minimum atomic E-state index is -0.0722. The van der Waals surface area contributed by atoms with Crippen molar-refractivity contribution in [3.05, 3.63) is 17.8 Å². The van der Waals surface area contributed by atoms with Crippen LogP contribution < -0.4 is 5.73 Å². The van der Waals surface area contributed by atoms with Crippen LogP contribution in [0, 0.1) is 6.92 Å². The molecule has 0 aromatic carbocycles. The molecule has 2 rings (SSSR count). The lowest BCUT2D eigenvalue weighted by atomic mass is 10.3. The highest BCUT2D eigenvalue weighted by Gasteiger charge is 2.15. The van der Waals surface area contributed by atoms with Gasteiger partial charge in [0.25, 0.3) is 0 Å². The van der Waals surface area contributed by atoms with Crippen LogP contribution in [0.15, 0.2) is 12.3 Å². The van der Waals surface area contributed by atoms with Crippen molar-refractivity contribution in [2.24, 2.45) is 0 Å². The summed E-state index contributed by atoms with van der Waals surface area (Å²) < 4.78 is 12.3. The normalized spacial score (nSPS) is 13.1. The molecule has 0 aliphatic carbocycles. The average Bonchev–Trinajstić information content (AvgIpc) is 2.67. The van der Waals surface area contributed by atoms with E-state index in [0.717, 1.165) is 16.7 Å². The molecule has 0 aliphatic heterocycles. The quantitative estimate of drug-likeness (QED) is 0.856. The van der Waals surface area contributed by atoms with Gasteiger partial charge in [0.05, 0.1) is 19.3 Å². The molecule has 0 bridgehead atoms. The average molecular weight is 250 g/mol. The number of imidazole rings is 1. The van der Waals surface area contributed by atoms with Gasteiger partial charge in [-0.1, -0.05) is 0 Å². The highest BCUT2D eigenvalue weighted by Crippen LogP contribution is 2.19. The molecule has 0 spiro atoms. The van der Waals surface area contributed by atoms with Gasteiger partial charge >= 0.3 is 0 Å². The Morgan fingerprint density at radius 3 is 2.89 bits per heavy atom. The zero-order valence-corrected chi connectivity index (χ0v) is 10.9. The first kappa shape index (κ1) is 12.8. The summed E-state index contributed by atoms with van der Waals surface area (Å²) in [4.78, 5) is 8.68. The molecule has 1 unspecified atom stereocenters. The third kappa shape index (κ3) is 2.30. The molecule has 2 N–H and O–H groups in total. The van der Waals surface area contributed by atoms with E-state index in [1.54, 1.807) is 20.4 Å². The second-order valence-electron chi connectivity index (χ2n) is 4.19. The zero-order valence-electron chi connectivity index (χ0n) is 10.9. The first-order chi connectivity index (χ1) is 8.67. The number of nitrogens with zero attached hydrogens (tertiary/aromatic N) is 3. The van der Waals surface area contributed by atoms with Gasteiger partial charge in [-0.2, -0.15) is 0 Å². The third-order valence-corrected chi connectivity index (χ3v) is 2.94. The summed E-state index contributed by atoms with van der Waals surface area (Å²) in [5, 5.41) is 0. The number of fused-ring (bicyclic) bond motifs is 1. The van der Waals surface area contributed by atoms with Crippen LogP contribution in [0.2, 0.25) is 0 Å². The van der Waals surface area contributed by atoms with Gasteiger partial charge in [-0.3, -0.25) is 4.57 Å². The predicted molar refractivity (Wildman–Crippen MR) is 69.4 cm³/mol. The second-order valence-corrected chi connectivity index (χ2v) is 4.19. The summed E-state index contributed by atoms with van der Waals surface area (Å²) in [5.74, 6) is 0.449. The van der Waals surface area contributed by atoms with E-state index in [0.29, 0.717) is 19.1 Å². The Hall–Kier alpha value is -1.66. The molecule has 0 fully saturated rings. The van der Waals surface area contributed by atoms with Crippen LogP contribution in [0.5, 0.6) is 0 Å². The van der Waals surface area contributed by atoms with Crippen LogP contribution in [0.4, 0.5) is 5.95 Å². The fourth-order valence-electron chi connectivity index (χ4n) is 1.92. The number of hydrogen-bond donors (Lipinski definition) is 1. The van der Waals surface area contributed by atoms with E-state index in [-0.39, 0.29) is 6.10 Å². The van der Waals surface area contributed by atoms with Crippen LogP contribution in [0.1, 0.15) is 5.56 Å². The topological polar surface area (TPSA) is 75.2 Å². The van der Waals surface area contributed by atoms with E-state index in [2.05, 4.69) is 9.97 Å². The van der Waals surface area contributed by atoms with Crippen molar-refractivity contribution in [1.29, 1.82) is 0 Å². The number of rotatable bonds is 5. The molecule has 18 heavy (non-hydrogen) atoms. The lowest BCUT2D eigenvalue weighted by molar-refractivity contribution is 0.0192. The maximum Gasteiger partial charge on any atom is 0.202 e. The largest absolute Gasteiger partial charge is 0.382 e. The summed E-state index contributed by atoms with van der Waals surface area (Å²) in [6, 6.07) is 1.92. The fourth-order valence-corrected chi connectivity index (χ4v) is 1.92. The maximum atomic E-state index is 5.94. The zero-order chi connectivity index (χ0) is 13.1. The third-order valence-electron chi connectivity index (χ3n) is 2.94. The Balaban J connectivity index is 2.38. The van der Waals surface area contributed by atoms with E-state index in [9.17, 15) is 0 Å². The molecule has 1 atom stereocenters. The Kier molecular flexibility index (Phi) is 3.78. The molecule has 98 valence electrons. The molecule has 2 aromatic rings. The number of nitrogens with two attached hydrogens (primary N) is 1. The number of nitrogen functional groups attached to an aromatic ring is 1. The Labute approximate surface area is 106 Å². The van der Waals surface area contributed by atoms with E-state index in [1.165, 1.54) is 0 Å². The summed E-state index contributed by atoms with van der Waals surface area (Å²) >= 11 is 0. The SMILES string of the molecule is COCC(Cn1c(N)nc2c(C)ccnc21)OC. The molecule has 0 saturated carbocycles. The number of ether oxygens (including phenoxy) is 2. The van der Waals surface area contributed by atoms with Gasteiger partial charge in [-0.25, -0.2) is 9.97 Å². The van der Waals surface area contributed by atoms with Crippen molar-refractivity contribution in [1.82, 2.24) is 14.5 Å². The summed E-state index contributed by atoms with van der Waals surface area (Å²) in [7, 11) is 3.29. The summed E-state index contributed by atoms with van der Waals surface area (Å²) in [6.07, 6.45) is 1.69. The van der Waals surface area contributed by atoms with Crippen molar-refractivity contribution in [2.45, 2.75) is 19.6 Å². The highest BCUT2D eigenvalue weighted by atomic mass is 16.5. The number of aryl methyl sites for hydroxylation is 1. The van der Waals surface area contributed by atoms with E-state index >= 15 is 0 Å². The minimum Gasteiger partial charge on any atom is -0.382 e. The lowest BCUT2D eigenvalue weighted by Gasteiger charge is -2.15. The van der Waals surface area contributed by atoms with E-state index < -0.39 is 0 Å². The van der Waals surface area contributed by atoms with Gasteiger partial charge in [0.15, 0.2) is 5.65 Å². The smallest absolute Gasteiger partial charge is 0.202 e. The maximum absolute atomic E-state index is 5.94. The van der Waals surface area contributed by atoms with Gasteiger partial charge in [0.2, 0.25) is 5.95 Å². The monoisotopic (exact) mass is 250 g/mol. The second kappa shape index (κ2) is 5.32. The first-order valence-corrected chi connectivity index (χ1v) is 5.76. The van der Waals surface area contributed by atoms with Gasteiger partial charge < -0.3 is 15.2 Å². The highest BCUT2D eigenvalue weighted by molar-refractivity contribution is 5.77. The number of pyridine rings is 1. The van der Waals surface area contributed by atoms with Crippen LogP contribution in [-0.2, 0) is 16.0 Å². The van der Waals surface area contributed by atoms with Crippen molar-refractivity contribution in [2.75, 3.05) is 26.6 Å². The molecule has 0 aliphatic rings. The van der Waals surface area contributed by atoms with E-state index in [4.69, 9.17) is 15.2 Å². The molecule has 0 amide bonds. The molecular formula is C12H18N4O2. The van der Waals surface area contributed by atoms with Crippen molar-refractivity contribution < 1.29 is 9.47 Å². The van der Waals surface area contributed by atoms with Crippen LogP contribution in [0.25, 0.3) is 11.2 Å². The lowest BCUT2D eigenvalue weighted by Crippen LogP contribution is -2.24. The van der Waals surface area contributed by atoms with Crippen LogP contribution >= 0.6 is 0 Å². The Bertz CT molecular complexity index is 538. The molecule has 0 radical (unpaired) electrons. The summed E-state index contributed by atoms with van der Waals surface area (Å²) in [5.41, 5.74) is 8.62. The standard InChI is InChI=1S/C12H18N4O2/c1-8-4-5-14-11-10(8)15-12(13)16(11)6-9(18-3)7-17-2/h4-5,9H,6-7H2,1-3H3,(H2,13,15).